The number of methoxy groups -OCH3 is 1. The van der Waals surface area contributed by atoms with Crippen molar-refractivity contribution in [3.63, 3.8) is 0 Å². The molecule has 0 unspecified atom stereocenters. The maximum absolute atomic E-state index is 12.3. The molecule has 0 saturated heterocycles. The summed E-state index contributed by atoms with van der Waals surface area (Å²) in [6.07, 6.45) is 1.55. The van der Waals surface area contributed by atoms with E-state index in [0.717, 1.165) is 11.1 Å². The van der Waals surface area contributed by atoms with Gasteiger partial charge in [0.2, 0.25) is 0 Å². The average molecular weight is 535 g/mol. The van der Waals surface area contributed by atoms with Crippen LogP contribution < -0.4 is 4.74 Å². The molecule has 0 saturated carbocycles. The largest absolute Gasteiger partial charge is 0.497 e. The Kier molecular flexibility index (Phi) is 10.3. The predicted molar refractivity (Wildman–Crippen MR) is 160 cm³/mol. The van der Waals surface area contributed by atoms with Gasteiger partial charge in [-0.1, -0.05) is 106 Å². The molecule has 0 aliphatic carbocycles. The van der Waals surface area contributed by atoms with E-state index in [1.807, 2.05) is 60.7 Å². The minimum absolute atomic E-state index is 0.0422. The highest BCUT2D eigenvalue weighted by molar-refractivity contribution is 6.20. The first-order valence-electron chi connectivity index (χ1n) is 12.9. The van der Waals surface area contributed by atoms with Crippen molar-refractivity contribution in [2.24, 2.45) is 0 Å². The van der Waals surface area contributed by atoms with Crippen LogP contribution in [0.4, 0.5) is 0 Å². The lowest BCUT2D eigenvalue weighted by Crippen LogP contribution is -2.12. The van der Waals surface area contributed by atoms with Gasteiger partial charge in [-0.3, -0.25) is 9.59 Å². The van der Waals surface area contributed by atoms with Crippen LogP contribution in [-0.2, 0) is 10.2 Å². The molecule has 0 aliphatic rings. The first kappa shape index (κ1) is 29.8. The van der Waals surface area contributed by atoms with Crippen molar-refractivity contribution in [1.29, 1.82) is 0 Å². The van der Waals surface area contributed by atoms with Crippen LogP contribution in [0, 0.1) is 0 Å². The maximum Gasteiger partial charge on any atom is 0.336 e. The van der Waals surface area contributed by atoms with Crippen molar-refractivity contribution in [1.82, 2.24) is 0 Å². The van der Waals surface area contributed by atoms with Crippen molar-refractivity contribution >= 4 is 29.2 Å². The SMILES string of the molecule is COc1ccc(C(=O)CC(=O)c2ccc(C(C)(C)C)cc2)cc1.O=C(O)C(=Cc1ccccc1)c1ccccc1. The van der Waals surface area contributed by atoms with Crippen LogP contribution in [0.5, 0.6) is 5.75 Å². The van der Waals surface area contributed by atoms with Crippen LogP contribution in [0.15, 0.2) is 109 Å². The topological polar surface area (TPSA) is 80.7 Å². The van der Waals surface area contributed by atoms with E-state index in [9.17, 15) is 19.5 Å². The van der Waals surface area contributed by atoms with E-state index < -0.39 is 5.97 Å². The Balaban J connectivity index is 0.000000230. The van der Waals surface area contributed by atoms with Gasteiger partial charge in [-0.25, -0.2) is 4.79 Å². The normalized spacial score (nSPS) is 11.2. The quantitative estimate of drug-likeness (QED) is 0.108. The molecule has 0 amide bonds. The molecule has 0 heterocycles. The number of ketones is 2. The second-order valence-corrected chi connectivity index (χ2v) is 10.2. The molecule has 1 N–H and O–H groups in total. The van der Waals surface area contributed by atoms with Gasteiger partial charge in [0.05, 0.1) is 19.1 Å². The highest BCUT2D eigenvalue weighted by Gasteiger charge is 2.17. The third-order valence-corrected chi connectivity index (χ3v) is 6.23. The zero-order chi connectivity index (χ0) is 29.1. The summed E-state index contributed by atoms with van der Waals surface area (Å²) in [5.41, 5.74) is 4.19. The highest BCUT2D eigenvalue weighted by atomic mass is 16.5. The summed E-state index contributed by atoms with van der Waals surface area (Å²) in [6, 6.07) is 32.8. The zero-order valence-electron chi connectivity index (χ0n) is 23.3. The lowest BCUT2D eigenvalue weighted by atomic mass is 9.86. The van der Waals surface area contributed by atoms with Crippen molar-refractivity contribution in [2.45, 2.75) is 32.6 Å². The second-order valence-electron chi connectivity index (χ2n) is 10.2. The number of carboxylic acid groups (broad SMARTS) is 1. The molecule has 0 radical (unpaired) electrons. The molecule has 4 aromatic carbocycles. The summed E-state index contributed by atoms with van der Waals surface area (Å²) in [5, 5.41) is 9.22. The number of carbonyl (C=O) groups is 3. The van der Waals surface area contributed by atoms with Gasteiger partial charge in [0.25, 0.3) is 0 Å². The average Bonchev–Trinajstić information content (AvgIpc) is 2.96. The molecule has 0 bridgehead atoms. The summed E-state index contributed by atoms with van der Waals surface area (Å²) >= 11 is 0. The van der Waals surface area contributed by atoms with E-state index in [0.29, 0.717) is 28.0 Å². The maximum atomic E-state index is 12.3. The van der Waals surface area contributed by atoms with E-state index in [-0.39, 0.29) is 23.4 Å². The number of carbonyl (C=O) groups excluding carboxylic acids is 2. The van der Waals surface area contributed by atoms with Crippen LogP contribution in [-0.4, -0.2) is 29.8 Å². The molecule has 0 aromatic heterocycles. The summed E-state index contributed by atoms with van der Waals surface area (Å²) in [7, 11) is 1.57. The Morgan fingerprint density at radius 3 is 1.60 bits per heavy atom. The van der Waals surface area contributed by atoms with Crippen LogP contribution in [0.1, 0.15) is 64.6 Å². The molecular weight excluding hydrogens is 500 g/mol. The number of aliphatic carboxylic acids is 1. The van der Waals surface area contributed by atoms with Crippen LogP contribution in [0.25, 0.3) is 11.6 Å². The standard InChI is InChI=1S/C20H22O3.C15H12O2/c1-20(2,3)16-9-5-14(6-10-16)18(21)13-19(22)15-7-11-17(23-4)12-8-15;16-15(17)14(13-9-5-2-6-10-13)11-12-7-3-1-4-8-12/h5-12H,13H2,1-4H3;1-11H,(H,16,17). The van der Waals surface area contributed by atoms with Gasteiger partial charge in [-0.05, 0) is 52.4 Å². The zero-order valence-corrected chi connectivity index (χ0v) is 23.3. The van der Waals surface area contributed by atoms with E-state index in [2.05, 4.69) is 20.8 Å². The molecule has 5 heteroatoms. The molecule has 4 aromatic rings. The van der Waals surface area contributed by atoms with Gasteiger partial charge in [-0.15, -0.1) is 0 Å². The first-order valence-corrected chi connectivity index (χ1v) is 12.9. The monoisotopic (exact) mass is 534 g/mol. The fourth-order valence-electron chi connectivity index (χ4n) is 3.89. The lowest BCUT2D eigenvalue weighted by molar-refractivity contribution is -0.130. The summed E-state index contributed by atoms with van der Waals surface area (Å²) in [4.78, 5) is 35.7. The van der Waals surface area contributed by atoms with E-state index in [1.165, 1.54) is 0 Å². The molecule has 0 atom stereocenters. The lowest BCUT2D eigenvalue weighted by Gasteiger charge is -2.18. The van der Waals surface area contributed by atoms with Crippen LogP contribution in [0.3, 0.4) is 0 Å². The Morgan fingerprint density at radius 1 is 0.675 bits per heavy atom. The predicted octanol–water partition coefficient (Wildman–Crippen LogP) is 7.76. The number of hydrogen-bond acceptors (Lipinski definition) is 4. The summed E-state index contributed by atoms with van der Waals surface area (Å²) in [6.45, 7) is 6.37. The highest BCUT2D eigenvalue weighted by Crippen LogP contribution is 2.23. The number of rotatable bonds is 8. The third kappa shape index (κ3) is 8.63. The van der Waals surface area contributed by atoms with Crippen LogP contribution in [0.2, 0.25) is 0 Å². The van der Waals surface area contributed by atoms with Crippen molar-refractivity contribution in [3.05, 3.63) is 137 Å². The number of hydrogen-bond donors (Lipinski definition) is 1. The third-order valence-electron chi connectivity index (χ3n) is 6.23. The number of carboxylic acids is 1. The summed E-state index contributed by atoms with van der Waals surface area (Å²) < 4.78 is 5.06. The minimum atomic E-state index is -0.917. The molecule has 0 aliphatic heterocycles. The molecule has 40 heavy (non-hydrogen) atoms. The molecular formula is C35H34O5. The Bertz CT molecular complexity index is 1440. The van der Waals surface area contributed by atoms with Gasteiger partial charge in [0.15, 0.2) is 11.6 Å². The second kappa shape index (κ2) is 13.9. The number of benzene rings is 4. The Morgan fingerprint density at radius 2 is 1.15 bits per heavy atom. The van der Waals surface area contributed by atoms with Crippen molar-refractivity contribution < 1.29 is 24.2 Å². The smallest absolute Gasteiger partial charge is 0.336 e. The van der Waals surface area contributed by atoms with Gasteiger partial charge in [0, 0.05) is 11.1 Å². The molecule has 0 spiro atoms. The molecule has 0 fully saturated rings. The number of ether oxygens (including phenoxy) is 1. The first-order chi connectivity index (χ1) is 19.1. The van der Waals surface area contributed by atoms with Crippen molar-refractivity contribution in [2.75, 3.05) is 7.11 Å². The minimum Gasteiger partial charge on any atom is -0.497 e. The fourth-order valence-corrected chi connectivity index (χ4v) is 3.89. The number of Topliss-reactive ketones (excluding diaryl/α,β-unsaturated/α-hetero) is 2. The van der Waals surface area contributed by atoms with Gasteiger partial charge >= 0.3 is 5.97 Å². The van der Waals surface area contributed by atoms with E-state index in [1.54, 1.807) is 61.7 Å². The van der Waals surface area contributed by atoms with Gasteiger partial charge in [0.1, 0.15) is 5.75 Å². The fraction of sp³-hybridized carbons (Fsp3) is 0.171. The molecule has 204 valence electrons. The van der Waals surface area contributed by atoms with Crippen LogP contribution >= 0.6 is 0 Å². The summed E-state index contributed by atoms with van der Waals surface area (Å²) in [5.74, 6) is -0.575. The molecule has 4 rings (SSSR count). The Hall–Kier alpha value is -4.77. The Labute approximate surface area is 235 Å². The van der Waals surface area contributed by atoms with Gasteiger partial charge < -0.3 is 9.84 Å². The van der Waals surface area contributed by atoms with E-state index in [4.69, 9.17) is 4.74 Å². The van der Waals surface area contributed by atoms with E-state index >= 15 is 0 Å². The van der Waals surface area contributed by atoms with Gasteiger partial charge in [-0.2, -0.15) is 0 Å². The van der Waals surface area contributed by atoms with Crippen molar-refractivity contribution in [3.8, 4) is 5.75 Å². The molecule has 5 nitrogen and oxygen atoms in total.